The number of hydrogen-bond acceptors (Lipinski definition) is 5. The fourth-order valence-corrected chi connectivity index (χ4v) is 2.51. The Morgan fingerprint density at radius 3 is 2.04 bits per heavy atom. The normalized spacial score (nSPS) is 12.9. The molecule has 4 N–H and O–H groups in total. The molecule has 8 nitrogen and oxygen atoms in total. The molecule has 1 aliphatic rings. The van der Waals surface area contributed by atoms with Crippen LogP contribution in [0.5, 0.6) is 0 Å². The third-order valence-corrected chi connectivity index (χ3v) is 3.63. The van der Waals surface area contributed by atoms with E-state index in [1.165, 1.54) is 0 Å². The first-order valence-corrected chi connectivity index (χ1v) is 6.58. The molecule has 1 aliphatic heterocycles. The van der Waals surface area contributed by atoms with Crippen molar-refractivity contribution in [1.82, 2.24) is 9.88 Å². The van der Waals surface area contributed by atoms with Crippen LogP contribution in [-0.4, -0.2) is 27.5 Å². The summed E-state index contributed by atoms with van der Waals surface area (Å²) in [6.07, 6.45) is 0. The minimum atomic E-state index is -2.29. The van der Waals surface area contributed by atoms with E-state index in [2.05, 4.69) is 0 Å². The number of nitrogens with zero attached hydrogens (tertiary/aromatic N) is 1. The number of aromatic carboxylic acids is 1. The van der Waals surface area contributed by atoms with Crippen LogP contribution in [0, 0.1) is 23.3 Å². The number of carbonyl (C=O) groups is 3. The molecule has 1 aromatic heterocycles. The van der Waals surface area contributed by atoms with Crippen molar-refractivity contribution in [2.75, 3.05) is 5.73 Å². The van der Waals surface area contributed by atoms with Crippen molar-refractivity contribution >= 4 is 23.6 Å². The Morgan fingerprint density at radius 1 is 1.00 bits per heavy atom. The minimum Gasteiger partial charge on any atom is -0.477 e. The Morgan fingerprint density at radius 2 is 1.54 bits per heavy atom. The van der Waals surface area contributed by atoms with E-state index in [0.29, 0.717) is 6.07 Å². The Balaban J connectivity index is 2.46. The molecule has 12 heteroatoms. The van der Waals surface area contributed by atoms with E-state index in [1.54, 1.807) is 5.32 Å². The summed E-state index contributed by atoms with van der Waals surface area (Å²) in [4.78, 5) is 46.1. The minimum absolute atomic E-state index is 0.0700. The number of benzene rings is 1. The van der Waals surface area contributed by atoms with Gasteiger partial charge in [-0.05, 0) is 0 Å². The Bertz CT molecular complexity index is 1080. The van der Waals surface area contributed by atoms with Crippen molar-refractivity contribution in [1.29, 1.82) is 0 Å². The molecule has 0 atom stereocenters. The van der Waals surface area contributed by atoms with Crippen LogP contribution in [0.3, 0.4) is 0 Å². The van der Waals surface area contributed by atoms with E-state index in [4.69, 9.17) is 10.8 Å². The van der Waals surface area contributed by atoms with Crippen LogP contribution in [0.2, 0.25) is 0 Å². The number of anilines is 1. The number of carboxylic acid groups (broad SMARTS) is 1. The molecule has 3 rings (SSSR count). The number of halogens is 4. The van der Waals surface area contributed by atoms with Gasteiger partial charge in [0, 0.05) is 6.07 Å². The molecule has 1 aromatic carbocycles. The molecule has 2 aromatic rings. The molecule has 0 radical (unpaired) electrons. The summed E-state index contributed by atoms with van der Waals surface area (Å²) < 4.78 is 56.1. The zero-order chi connectivity index (χ0) is 19.5. The molecule has 0 unspecified atom stereocenters. The number of nitrogens with one attached hydrogen (secondary N) is 1. The standard InChI is InChI=1S/C14H5F4N3O5/c15-6-5(14(25)26)7(16)9(18)10(8(6)17)21-3(22)1-2-4(11(21)19)13(24)20-12(2)23/h1H,19H2,(H,25,26)(H,20,23,24). The van der Waals surface area contributed by atoms with Crippen molar-refractivity contribution in [3.05, 3.63) is 56.4 Å². The summed E-state index contributed by atoms with van der Waals surface area (Å²) in [7, 11) is 0. The SMILES string of the molecule is Nc1c2c(cc(=O)n1-c1c(F)c(F)c(C(=O)O)c(F)c1F)C(=O)NC2=O. The van der Waals surface area contributed by atoms with Crippen molar-refractivity contribution < 1.29 is 37.1 Å². The zero-order valence-corrected chi connectivity index (χ0v) is 12.2. The van der Waals surface area contributed by atoms with Crippen LogP contribution in [0.15, 0.2) is 10.9 Å². The number of carboxylic acids is 1. The Kier molecular flexibility index (Phi) is 3.56. The van der Waals surface area contributed by atoms with E-state index in [9.17, 15) is 36.7 Å². The van der Waals surface area contributed by atoms with Gasteiger partial charge >= 0.3 is 5.97 Å². The third kappa shape index (κ3) is 2.08. The molecule has 0 bridgehead atoms. The maximum absolute atomic E-state index is 14.2. The third-order valence-electron chi connectivity index (χ3n) is 3.63. The fraction of sp³-hybridized carbons (Fsp3) is 0. The average Bonchev–Trinajstić information content (AvgIpc) is 2.82. The van der Waals surface area contributed by atoms with E-state index >= 15 is 0 Å². The number of hydrogen-bond donors (Lipinski definition) is 3. The Hall–Kier alpha value is -3.70. The number of imide groups is 1. The van der Waals surface area contributed by atoms with Crippen LogP contribution >= 0.6 is 0 Å². The van der Waals surface area contributed by atoms with Gasteiger partial charge in [-0.25, -0.2) is 22.4 Å². The highest BCUT2D eigenvalue weighted by molar-refractivity contribution is 6.23. The smallest absolute Gasteiger partial charge is 0.341 e. The highest BCUT2D eigenvalue weighted by Crippen LogP contribution is 2.30. The number of pyridine rings is 1. The number of amides is 2. The number of aromatic nitrogens is 1. The predicted molar refractivity (Wildman–Crippen MR) is 75.0 cm³/mol. The van der Waals surface area contributed by atoms with Gasteiger partial charge in [0.2, 0.25) is 0 Å². The molecule has 0 spiro atoms. The van der Waals surface area contributed by atoms with Gasteiger partial charge in [-0.1, -0.05) is 0 Å². The largest absolute Gasteiger partial charge is 0.477 e. The maximum Gasteiger partial charge on any atom is 0.341 e. The van der Waals surface area contributed by atoms with Crippen molar-refractivity contribution in [2.45, 2.75) is 0 Å². The van der Waals surface area contributed by atoms with Crippen molar-refractivity contribution in [3.8, 4) is 5.69 Å². The van der Waals surface area contributed by atoms with Gasteiger partial charge in [-0.2, -0.15) is 0 Å². The highest BCUT2D eigenvalue weighted by atomic mass is 19.2. The summed E-state index contributed by atoms with van der Waals surface area (Å²) in [5, 5.41) is 10.4. The molecule has 26 heavy (non-hydrogen) atoms. The van der Waals surface area contributed by atoms with Crippen LogP contribution in [0.4, 0.5) is 23.4 Å². The second kappa shape index (κ2) is 5.40. The van der Waals surface area contributed by atoms with Crippen molar-refractivity contribution in [3.63, 3.8) is 0 Å². The molecule has 0 saturated carbocycles. The van der Waals surface area contributed by atoms with Gasteiger partial charge in [-0.3, -0.25) is 24.3 Å². The molecule has 0 aliphatic carbocycles. The summed E-state index contributed by atoms with van der Waals surface area (Å²) in [5.41, 5.74) is -0.566. The van der Waals surface area contributed by atoms with E-state index in [-0.39, 0.29) is 4.57 Å². The number of nitrogen functional groups attached to an aromatic ring is 1. The summed E-state index contributed by atoms with van der Waals surface area (Å²) in [6.45, 7) is 0. The second-order valence-electron chi connectivity index (χ2n) is 5.06. The molecule has 0 fully saturated rings. The summed E-state index contributed by atoms with van der Waals surface area (Å²) in [5.74, 6) is -14.4. The first kappa shape index (κ1) is 17.1. The maximum atomic E-state index is 14.2. The van der Waals surface area contributed by atoms with Gasteiger partial charge in [0.05, 0.1) is 11.1 Å². The monoisotopic (exact) mass is 371 g/mol. The molecule has 134 valence electrons. The number of nitrogens with two attached hydrogens (primary N) is 1. The fourth-order valence-electron chi connectivity index (χ4n) is 2.51. The zero-order valence-electron chi connectivity index (χ0n) is 12.2. The van der Waals surface area contributed by atoms with Gasteiger partial charge in [0.25, 0.3) is 17.4 Å². The van der Waals surface area contributed by atoms with Crippen molar-refractivity contribution in [2.24, 2.45) is 0 Å². The van der Waals surface area contributed by atoms with Crippen LogP contribution in [-0.2, 0) is 0 Å². The summed E-state index contributed by atoms with van der Waals surface area (Å²) >= 11 is 0. The number of fused-ring (bicyclic) bond motifs is 1. The highest BCUT2D eigenvalue weighted by Gasteiger charge is 2.35. The second-order valence-corrected chi connectivity index (χ2v) is 5.06. The lowest BCUT2D eigenvalue weighted by molar-refractivity contribution is 0.0682. The van der Waals surface area contributed by atoms with Crippen LogP contribution in [0.1, 0.15) is 31.1 Å². The van der Waals surface area contributed by atoms with Gasteiger partial charge in [0.1, 0.15) is 17.1 Å². The first-order chi connectivity index (χ1) is 12.1. The average molecular weight is 371 g/mol. The topological polar surface area (TPSA) is 131 Å². The molecular formula is C14H5F4N3O5. The number of rotatable bonds is 2. The van der Waals surface area contributed by atoms with E-state index < -0.39 is 74.8 Å². The Labute approximate surface area is 139 Å². The van der Waals surface area contributed by atoms with E-state index in [0.717, 1.165) is 0 Å². The lowest BCUT2D eigenvalue weighted by Crippen LogP contribution is -2.27. The van der Waals surface area contributed by atoms with Gasteiger partial charge in [0.15, 0.2) is 23.3 Å². The molecule has 2 heterocycles. The van der Waals surface area contributed by atoms with Gasteiger partial charge < -0.3 is 10.8 Å². The predicted octanol–water partition coefficient (Wildman–Crippen LogP) is 0.558. The van der Waals surface area contributed by atoms with Crippen LogP contribution in [0.25, 0.3) is 5.69 Å². The summed E-state index contributed by atoms with van der Waals surface area (Å²) in [6, 6.07) is 0.492. The molecule has 2 amide bonds. The molecular weight excluding hydrogens is 366 g/mol. The lowest BCUT2D eigenvalue weighted by atomic mass is 10.1. The molecule has 0 saturated heterocycles. The van der Waals surface area contributed by atoms with E-state index in [1.807, 2.05) is 0 Å². The van der Waals surface area contributed by atoms with Crippen LogP contribution < -0.4 is 16.6 Å². The number of carbonyl (C=O) groups excluding carboxylic acids is 2. The van der Waals surface area contributed by atoms with Gasteiger partial charge in [-0.15, -0.1) is 0 Å². The lowest BCUT2D eigenvalue weighted by Gasteiger charge is -2.15. The first-order valence-electron chi connectivity index (χ1n) is 6.58. The quantitative estimate of drug-likeness (QED) is 0.402.